The molecule has 1 aromatic carbocycles. The van der Waals surface area contributed by atoms with Crippen LogP contribution in [0.4, 0.5) is 0 Å². The lowest BCUT2D eigenvalue weighted by Crippen LogP contribution is -2.29. The third kappa shape index (κ3) is 3.89. The first-order chi connectivity index (χ1) is 14.9. The number of benzene rings is 1. The number of thiophene rings is 1. The van der Waals surface area contributed by atoms with Crippen LogP contribution in [0.25, 0.3) is 33.2 Å². The number of hydrogen-bond acceptors (Lipinski definition) is 5. The van der Waals surface area contributed by atoms with Crippen molar-refractivity contribution in [2.45, 2.75) is 20.0 Å². The first-order valence-electron chi connectivity index (χ1n) is 10.3. The molecule has 160 valence electrons. The number of ether oxygens (including phenoxy) is 1. The zero-order chi connectivity index (χ0) is 22.1. The van der Waals surface area contributed by atoms with Gasteiger partial charge >= 0.3 is 5.97 Å². The van der Waals surface area contributed by atoms with E-state index in [1.807, 2.05) is 24.5 Å². The molecule has 1 unspecified atom stereocenters. The second-order valence-corrected chi connectivity index (χ2v) is 9.02. The summed E-state index contributed by atoms with van der Waals surface area (Å²) in [7, 11) is 5.59. The van der Waals surface area contributed by atoms with Crippen LogP contribution in [-0.2, 0) is 4.74 Å². The normalized spacial score (nSPS) is 12.6. The number of hydrogen-bond donors (Lipinski definition) is 0. The van der Waals surface area contributed by atoms with E-state index in [9.17, 15) is 4.79 Å². The minimum Gasteiger partial charge on any atom is -0.465 e. The monoisotopic (exact) mass is 433 g/mol. The van der Waals surface area contributed by atoms with Crippen LogP contribution >= 0.6 is 11.3 Å². The molecule has 0 saturated carbocycles. The number of pyridine rings is 1. The fraction of sp³-hybridized carbons (Fsp3) is 0.280. The third-order valence-electron chi connectivity index (χ3n) is 5.58. The van der Waals surface area contributed by atoms with Crippen molar-refractivity contribution in [3.8, 4) is 22.3 Å². The summed E-state index contributed by atoms with van der Waals surface area (Å²) in [6.07, 6.45) is 6.03. The summed E-state index contributed by atoms with van der Waals surface area (Å²) in [4.78, 5) is 19.4. The Morgan fingerprint density at radius 1 is 1.13 bits per heavy atom. The number of fused-ring (bicyclic) bond motifs is 1. The van der Waals surface area contributed by atoms with E-state index >= 15 is 0 Å². The highest BCUT2D eigenvalue weighted by Gasteiger charge is 2.25. The van der Waals surface area contributed by atoms with Crippen molar-refractivity contribution < 1.29 is 9.53 Å². The van der Waals surface area contributed by atoms with Crippen LogP contribution in [0.5, 0.6) is 0 Å². The third-order valence-corrected chi connectivity index (χ3v) is 6.26. The second kappa shape index (κ2) is 8.65. The quantitative estimate of drug-likeness (QED) is 0.353. The van der Waals surface area contributed by atoms with Crippen molar-refractivity contribution in [3.05, 3.63) is 65.2 Å². The second-order valence-electron chi connectivity index (χ2n) is 8.24. The first kappa shape index (κ1) is 21.3. The molecule has 0 bridgehead atoms. The van der Waals surface area contributed by atoms with Gasteiger partial charge in [-0.15, -0.1) is 0 Å². The molecule has 31 heavy (non-hydrogen) atoms. The summed E-state index contributed by atoms with van der Waals surface area (Å²) in [5.41, 5.74) is 5.73. The lowest BCUT2D eigenvalue weighted by molar-refractivity contribution is 0.0603. The maximum Gasteiger partial charge on any atom is 0.338 e. The Balaban J connectivity index is 2.01. The van der Waals surface area contributed by atoms with Gasteiger partial charge in [-0.05, 0) is 60.6 Å². The average molecular weight is 434 g/mol. The zero-order valence-electron chi connectivity index (χ0n) is 18.5. The lowest BCUT2D eigenvalue weighted by Gasteiger charge is -2.30. The molecule has 6 heteroatoms. The van der Waals surface area contributed by atoms with Gasteiger partial charge in [-0.1, -0.05) is 19.9 Å². The van der Waals surface area contributed by atoms with Gasteiger partial charge < -0.3 is 9.30 Å². The molecule has 0 aliphatic carbocycles. The summed E-state index contributed by atoms with van der Waals surface area (Å²) in [6.45, 7) is 4.41. The van der Waals surface area contributed by atoms with Gasteiger partial charge in [0.2, 0.25) is 0 Å². The number of aromatic nitrogens is 2. The maximum atomic E-state index is 12.7. The number of carbonyl (C=O) groups is 1. The number of rotatable bonds is 6. The van der Waals surface area contributed by atoms with Gasteiger partial charge in [0, 0.05) is 40.7 Å². The number of nitrogens with zero attached hydrogens (tertiary/aromatic N) is 3. The highest BCUT2D eigenvalue weighted by Crippen LogP contribution is 2.38. The Hall–Kier alpha value is -2.96. The van der Waals surface area contributed by atoms with E-state index < -0.39 is 0 Å². The molecular weight excluding hydrogens is 406 g/mol. The Kier molecular flexibility index (Phi) is 5.94. The molecular formula is C25H27N3O2S. The van der Waals surface area contributed by atoms with E-state index in [4.69, 9.17) is 4.74 Å². The first-order valence-corrected chi connectivity index (χ1v) is 11.2. The minimum absolute atomic E-state index is 0.136. The summed E-state index contributed by atoms with van der Waals surface area (Å²) in [6, 6.07) is 10.1. The highest BCUT2D eigenvalue weighted by atomic mass is 32.1. The Morgan fingerprint density at radius 2 is 1.90 bits per heavy atom. The number of esters is 1. The molecule has 4 rings (SSSR count). The van der Waals surface area contributed by atoms with Crippen LogP contribution in [0.1, 0.15) is 30.4 Å². The molecule has 0 saturated heterocycles. The van der Waals surface area contributed by atoms with E-state index in [1.165, 1.54) is 7.11 Å². The predicted molar refractivity (Wildman–Crippen MR) is 127 cm³/mol. The maximum absolute atomic E-state index is 12.7. The summed E-state index contributed by atoms with van der Waals surface area (Å²) in [5.74, 6) is 0.0352. The van der Waals surface area contributed by atoms with Crippen molar-refractivity contribution in [2.75, 3.05) is 21.2 Å². The van der Waals surface area contributed by atoms with Gasteiger partial charge in [0.1, 0.15) is 0 Å². The van der Waals surface area contributed by atoms with Gasteiger partial charge in [-0.25, -0.2) is 4.79 Å². The highest BCUT2D eigenvalue weighted by molar-refractivity contribution is 7.08. The number of methoxy groups -OCH3 is 1. The summed E-state index contributed by atoms with van der Waals surface area (Å²) in [5, 5.41) is 5.07. The van der Waals surface area contributed by atoms with Crippen molar-refractivity contribution in [1.82, 2.24) is 14.5 Å². The molecule has 0 aliphatic heterocycles. The average Bonchev–Trinajstić information content (AvgIpc) is 3.42. The van der Waals surface area contributed by atoms with E-state index in [2.05, 4.69) is 77.5 Å². The van der Waals surface area contributed by atoms with E-state index in [-0.39, 0.29) is 12.1 Å². The largest absolute Gasteiger partial charge is 0.465 e. The molecule has 3 aromatic heterocycles. The predicted octanol–water partition coefficient (Wildman–Crippen LogP) is 5.93. The molecule has 0 fully saturated rings. The van der Waals surface area contributed by atoms with Crippen molar-refractivity contribution in [3.63, 3.8) is 0 Å². The molecule has 1 atom stereocenters. The van der Waals surface area contributed by atoms with Crippen molar-refractivity contribution >= 4 is 28.2 Å². The molecule has 0 aliphatic rings. The molecule has 5 nitrogen and oxygen atoms in total. The van der Waals surface area contributed by atoms with Crippen LogP contribution in [0, 0.1) is 5.92 Å². The molecule has 0 N–H and O–H groups in total. The molecule has 0 spiro atoms. The lowest BCUT2D eigenvalue weighted by atomic mass is 10.00. The number of carbonyl (C=O) groups excluding carboxylic acids is 1. The van der Waals surface area contributed by atoms with Crippen LogP contribution < -0.4 is 0 Å². The standard InChI is InChI=1S/C25H27N3O2S/c1-16(2)24(27(3)4)28-14-21(23-20(25(29)30-5)7-6-8-22(23)28)19-11-18(12-26-13-19)17-9-10-31-15-17/h6-16,24H,1-5H3. The topological polar surface area (TPSA) is 47.4 Å². The zero-order valence-corrected chi connectivity index (χ0v) is 19.3. The summed E-state index contributed by atoms with van der Waals surface area (Å²) < 4.78 is 7.37. The van der Waals surface area contributed by atoms with Crippen LogP contribution in [0.15, 0.2) is 59.7 Å². The summed E-state index contributed by atoms with van der Waals surface area (Å²) >= 11 is 1.66. The van der Waals surface area contributed by atoms with Crippen LogP contribution in [0.3, 0.4) is 0 Å². The molecule has 0 amide bonds. The molecule has 0 radical (unpaired) electrons. The van der Waals surface area contributed by atoms with Gasteiger partial charge in [-0.3, -0.25) is 9.88 Å². The van der Waals surface area contributed by atoms with Crippen LogP contribution in [0.2, 0.25) is 0 Å². The SMILES string of the molecule is COC(=O)c1cccc2c1c(-c1cncc(-c3ccsc3)c1)cn2C(C(C)C)N(C)C. The van der Waals surface area contributed by atoms with E-state index in [0.29, 0.717) is 11.5 Å². The van der Waals surface area contributed by atoms with Gasteiger partial charge in [0.15, 0.2) is 0 Å². The van der Waals surface area contributed by atoms with Gasteiger partial charge in [0.05, 0.1) is 24.4 Å². The van der Waals surface area contributed by atoms with Gasteiger partial charge in [0.25, 0.3) is 0 Å². The Labute approximate surface area is 186 Å². The molecule has 4 aromatic rings. The van der Waals surface area contributed by atoms with E-state index in [0.717, 1.165) is 33.2 Å². The minimum atomic E-state index is -0.336. The van der Waals surface area contributed by atoms with Gasteiger partial charge in [-0.2, -0.15) is 11.3 Å². The van der Waals surface area contributed by atoms with Crippen LogP contribution in [-0.4, -0.2) is 41.6 Å². The molecule has 3 heterocycles. The Morgan fingerprint density at radius 3 is 2.55 bits per heavy atom. The Bertz CT molecular complexity index is 1200. The fourth-order valence-electron chi connectivity index (χ4n) is 4.37. The smallest absolute Gasteiger partial charge is 0.338 e. The van der Waals surface area contributed by atoms with E-state index in [1.54, 1.807) is 11.3 Å². The van der Waals surface area contributed by atoms with Crippen molar-refractivity contribution in [1.29, 1.82) is 0 Å². The fourth-order valence-corrected chi connectivity index (χ4v) is 5.03. The van der Waals surface area contributed by atoms with Crippen molar-refractivity contribution in [2.24, 2.45) is 5.92 Å².